The molecular formula is C18H15N3O4. The number of rotatable bonds is 3. The molecule has 126 valence electrons. The zero-order valence-electron chi connectivity index (χ0n) is 13.4. The van der Waals surface area contributed by atoms with Gasteiger partial charge < -0.3 is 15.2 Å². The minimum absolute atomic E-state index is 0.167. The number of methoxy groups -OCH3 is 1. The second-order valence-electron chi connectivity index (χ2n) is 5.85. The number of ether oxygens (including phenoxy) is 1. The molecule has 1 aliphatic carbocycles. The van der Waals surface area contributed by atoms with Gasteiger partial charge >= 0.3 is 5.97 Å². The quantitative estimate of drug-likeness (QED) is 0.811. The van der Waals surface area contributed by atoms with Gasteiger partial charge in [0.25, 0.3) is 5.91 Å². The maximum atomic E-state index is 12.5. The van der Waals surface area contributed by atoms with Gasteiger partial charge in [-0.05, 0) is 35.4 Å². The fourth-order valence-electron chi connectivity index (χ4n) is 3.07. The molecule has 0 spiro atoms. The number of aromatic hydroxyl groups is 1. The molecule has 1 aliphatic rings. The largest absolute Gasteiger partial charge is 0.505 e. The minimum Gasteiger partial charge on any atom is -0.505 e. The molecule has 1 amide bonds. The summed E-state index contributed by atoms with van der Waals surface area (Å²) in [6.07, 6.45) is 1.81. The summed E-state index contributed by atoms with van der Waals surface area (Å²) in [5.74, 6) is -1.54. The molecule has 0 fully saturated rings. The summed E-state index contributed by atoms with van der Waals surface area (Å²) < 4.78 is 4.89. The van der Waals surface area contributed by atoms with E-state index in [2.05, 4.69) is 16.4 Å². The van der Waals surface area contributed by atoms with E-state index in [0.29, 0.717) is 5.56 Å². The summed E-state index contributed by atoms with van der Waals surface area (Å²) >= 11 is 0. The van der Waals surface area contributed by atoms with E-state index < -0.39 is 17.4 Å². The Hall–Kier alpha value is -3.40. The number of fused-ring (bicyclic) bond motifs is 1. The smallest absolute Gasteiger partial charge is 0.332 e. The highest BCUT2D eigenvalue weighted by atomic mass is 16.5. The first-order valence-corrected chi connectivity index (χ1v) is 7.56. The van der Waals surface area contributed by atoms with Crippen molar-refractivity contribution >= 4 is 11.9 Å². The Morgan fingerprint density at radius 3 is 2.76 bits per heavy atom. The molecule has 0 radical (unpaired) electrons. The Labute approximate surface area is 143 Å². The third-order valence-electron chi connectivity index (χ3n) is 4.25. The van der Waals surface area contributed by atoms with Gasteiger partial charge in [0, 0.05) is 19.0 Å². The fourth-order valence-corrected chi connectivity index (χ4v) is 3.07. The number of hydrogen-bond donors (Lipinski definition) is 2. The van der Waals surface area contributed by atoms with Gasteiger partial charge in [0.05, 0.1) is 18.7 Å². The SMILES string of the molecule is COC(=O)C1(NC(=O)c2ncccc2O)Cc2ccc(C#N)cc2C1. The van der Waals surface area contributed by atoms with Crippen molar-refractivity contribution in [3.63, 3.8) is 0 Å². The number of amides is 1. The van der Waals surface area contributed by atoms with E-state index in [1.165, 1.54) is 25.4 Å². The number of nitrogens with one attached hydrogen (secondary N) is 1. The lowest BCUT2D eigenvalue weighted by molar-refractivity contribution is -0.147. The van der Waals surface area contributed by atoms with Gasteiger partial charge in [-0.25, -0.2) is 9.78 Å². The highest BCUT2D eigenvalue weighted by Crippen LogP contribution is 2.32. The maximum absolute atomic E-state index is 12.5. The van der Waals surface area contributed by atoms with Crippen molar-refractivity contribution in [2.24, 2.45) is 0 Å². The predicted molar refractivity (Wildman–Crippen MR) is 86.7 cm³/mol. The third-order valence-corrected chi connectivity index (χ3v) is 4.25. The van der Waals surface area contributed by atoms with Crippen LogP contribution in [0.2, 0.25) is 0 Å². The normalized spacial score (nSPS) is 18.1. The Morgan fingerprint density at radius 1 is 1.32 bits per heavy atom. The van der Waals surface area contributed by atoms with Gasteiger partial charge in [-0.3, -0.25) is 4.79 Å². The number of nitrogens with zero attached hydrogens (tertiary/aromatic N) is 2. The zero-order chi connectivity index (χ0) is 18.0. The van der Waals surface area contributed by atoms with Gasteiger partial charge in [0.1, 0.15) is 11.3 Å². The number of esters is 1. The highest BCUT2D eigenvalue weighted by molar-refractivity contribution is 5.99. The number of aromatic nitrogens is 1. The molecule has 0 saturated heterocycles. The van der Waals surface area contributed by atoms with Crippen LogP contribution in [0.25, 0.3) is 0 Å². The molecule has 0 bridgehead atoms. The van der Waals surface area contributed by atoms with Crippen LogP contribution in [0.1, 0.15) is 27.2 Å². The van der Waals surface area contributed by atoms with Gasteiger partial charge in [0.15, 0.2) is 5.69 Å². The van der Waals surface area contributed by atoms with Crippen molar-refractivity contribution in [3.05, 3.63) is 58.9 Å². The van der Waals surface area contributed by atoms with E-state index in [1.807, 2.05) is 0 Å². The molecular weight excluding hydrogens is 322 g/mol. The van der Waals surface area contributed by atoms with Gasteiger partial charge in [-0.2, -0.15) is 5.26 Å². The summed E-state index contributed by atoms with van der Waals surface area (Å²) in [6, 6.07) is 10.0. The highest BCUT2D eigenvalue weighted by Gasteiger charge is 2.46. The van der Waals surface area contributed by atoms with Crippen molar-refractivity contribution in [1.29, 1.82) is 5.26 Å². The van der Waals surface area contributed by atoms with Crippen molar-refractivity contribution in [1.82, 2.24) is 10.3 Å². The lowest BCUT2D eigenvalue weighted by atomic mass is 9.95. The van der Waals surface area contributed by atoms with Crippen LogP contribution in [0, 0.1) is 11.3 Å². The first-order valence-electron chi connectivity index (χ1n) is 7.56. The van der Waals surface area contributed by atoms with Crippen LogP contribution in [0.5, 0.6) is 5.75 Å². The summed E-state index contributed by atoms with van der Waals surface area (Å²) in [4.78, 5) is 28.8. The van der Waals surface area contributed by atoms with Gasteiger partial charge in [-0.1, -0.05) is 6.07 Å². The van der Waals surface area contributed by atoms with Crippen molar-refractivity contribution < 1.29 is 19.4 Å². The molecule has 1 aromatic heterocycles. The Morgan fingerprint density at radius 2 is 2.08 bits per heavy atom. The van der Waals surface area contributed by atoms with Crippen LogP contribution >= 0.6 is 0 Å². The Balaban J connectivity index is 1.94. The standard InChI is InChI=1S/C18H15N3O4/c1-25-17(24)18(21-16(23)15-14(22)3-2-6-20-15)8-12-5-4-11(10-19)7-13(12)9-18/h2-7,22H,8-9H2,1H3,(H,21,23). The molecule has 3 rings (SSSR count). The van der Waals surface area contributed by atoms with E-state index in [-0.39, 0.29) is 24.3 Å². The summed E-state index contributed by atoms with van der Waals surface area (Å²) in [5, 5.41) is 21.5. The number of carbonyl (C=O) groups excluding carboxylic acids is 2. The maximum Gasteiger partial charge on any atom is 0.332 e. The minimum atomic E-state index is -1.30. The van der Waals surface area contributed by atoms with Crippen molar-refractivity contribution in [3.8, 4) is 11.8 Å². The topological polar surface area (TPSA) is 112 Å². The summed E-state index contributed by atoms with van der Waals surface area (Å²) in [7, 11) is 1.25. The second kappa shape index (κ2) is 6.24. The van der Waals surface area contributed by atoms with Crippen LogP contribution < -0.4 is 5.32 Å². The predicted octanol–water partition coefficient (Wildman–Crippen LogP) is 1.10. The molecule has 0 saturated carbocycles. The van der Waals surface area contributed by atoms with Gasteiger partial charge in [0.2, 0.25) is 0 Å². The number of benzene rings is 1. The van der Waals surface area contributed by atoms with Crippen LogP contribution in [-0.4, -0.2) is 34.6 Å². The second-order valence-corrected chi connectivity index (χ2v) is 5.85. The molecule has 2 N–H and O–H groups in total. The molecule has 1 unspecified atom stereocenters. The molecule has 0 aliphatic heterocycles. The van der Waals surface area contributed by atoms with E-state index in [1.54, 1.807) is 18.2 Å². The lowest BCUT2D eigenvalue weighted by Crippen LogP contribution is -2.56. The molecule has 2 aromatic rings. The van der Waals surface area contributed by atoms with Crippen LogP contribution in [-0.2, 0) is 22.4 Å². The Kier molecular flexibility index (Phi) is 4.11. The summed E-state index contributed by atoms with van der Waals surface area (Å²) in [5.41, 5.74) is 0.671. The van der Waals surface area contributed by atoms with Crippen LogP contribution in [0.15, 0.2) is 36.5 Å². The van der Waals surface area contributed by atoms with Crippen LogP contribution in [0.3, 0.4) is 0 Å². The third kappa shape index (κ3) is 2.90. The van der Waals surface area contributed by atoms with Crippen LogP contribution in [0.4, 0.5) is 0 Å². The number of pyridine rings is 1. The van der Waals surface area contributed by atoms with Crippen molar-refractivity contribution in [2.45, 2.75) is 18.4 Å². The van der Waals surface area contributed by atoms with Gasteiger partial charge in [-0.15, -0.1) is 0 Å². The molecule has 7 heteroatoms. The number of hydrogen-bond acceptors (Lipinski definition) is 6. The Bertz CT molecular complexity index is 903. The van der Waals surface area contributed by atoms with E-state index >= 15 is 0 Å². The number of carbonyl (C=O) groups is 2. The molecule has 25 heavy (non-hydrogen) atoms. The zero-order valence-corrected chi connectivity index (χ0v) is 13.4. The van der Waals surface area contributed by atoms with E-state index in [0.717, 1.165) is 11.1 Å². The molecule has 7 nitrogen and oxygen atoms in total. The van der Waals surface area contributed by atoms with E-state index in [4.69, 9.17) is 10.00 Å². The molecule has 1 atom stereocenters. The van der Waals surface area contributed by atoms with E-state index in [9.17, 15) is 14.7 Å². The first-order chi connectivity index (χ1) is 12.0. The summed E-state index contributed by atoms with van der Waals surface area (Å²) in [6.45, 7) is 0. The molecule has 1 aromatic carbocycles. The fraction of sp³-hybridized carbons (Fsp3) is 0.222. The average molecular weight is 337 g/mol. The monoisotopic (exact) mass is 337 g/mol. The lowest BCUT2D eigenvalue weighted by Gasteiger charge is -2.27. The number of nitriles is 1. The van der Waals surface area contributed by atoms with Crippen molar-refractivity contribution in [2.75, 3.05) is 7.11 Å². The average Bonchev–Trinajstić information content (AvgIpc) is 2.99. The molecule has 1 heterocycles. The first kappa shape index (κ1) is 16.5.